The van der Waals surface area contributed by atoms with Gasteiger partial charge in [0, 0.05) is 33.4 Å². The second kappa shape index (κ2) is 15.9. The molecule has 0 saturated carbocycles. The van der Waals surface area contributed by atoms with E-state index in [-0.39, 0.29) is 0 Å². The third kappa shape index (κ3) is 6.20. The zero-order chi connectivity index (χ0) is 46.1. The molecule has 0 aliphatic heterocycles. The molecule has 1 aromatic heterocycles. The number of furan rings is 1. The van der Waals surface area contributed by atoms with Crippen LogP contribution in [0, 0.1) is 0 Å². The summed E-state index contributed by atoms with van der Waals surface area (Å²) in [6.07, 6.45) is 0. The van der Waals surface area contributed by atoms with E-state index in [9.17, 15) is 0 Å². The average Bonchev–Trinajstić information content (AvgIpc) is 3.68. The highest BCUT2D eigenvalue weighted by Crippen LogP contribution is 2.38. The van der Waals surface area contributed by atoms with Crippen LogP contribution in [0.2, 0.25) is 0 Å². The lowest BCUT2D eigenvalue weighted by Gasteiger charge is -2.37. The molecule has 0 aliphatic rings. The van der Waals surface area contributed by atoms with Crippen molar-refractivity contribution in [3.05, 3.63) is 66.7 Å². The van der Waals surface area contributed by atoms with Crippen molar-refractivity contribution in [2.24, 2.45) is 0 Å². The Hall–Kier alpha value is -4.95. The summed E-state index contributed by atoms with van der Waals surface area (Å²) in [5.74, 6) is 0. The third-order valence-corrected chi connectivity index (χ3v) is 16.7. The average molecular weight is 800 g/mol. The zero-order valence-corrected chi connectivity index (χ0v) is 41.7. The first-order valence-corrected chi connectivity index (χ1v) is 23.2. The molecule has 64 heavy (non-hydrogen) atoms. The molecule has 9 aromatic rings. The van der Waals surface area contributed by atoms with Crippen molar-refractivity contribution >= 4 is 300 Å². The number of hydrogen-bond donors (Lipinski definition) is 0. The molecule has 2 nitrogen and oxygen atoms in total. The van der Waals surface area contributed by atoms with Gasteiger partial charge >= 0.3 is 0 Å². The normalized spacial score (nSPS) is 11.6. The van der Waals surface area contributed by atoms with Crippen LogP contribution in [0.4, 0.5) is 17.1 Å². The summed E-state index contributed by atoms with van der Waals surface area (Å²) >= 11 is 0. The molecule has 0 amide bonds. The monoisotopic (exact) mass is 804 g/mol. The smallest absolute Gasteiger partial charge is 0.143 e. The van der Waals surface area contributed by atoms with Crippen LogP contribution in [0.1, 0.15) is 0 Å². The van der Waals surface area contributed by atoms with Gasteiger partial charge in [-0.25, -0.2) is 0 Å². The van der Waals surface area contributed by atoms with Gasteiger partial charge < -0.3 is 9.32 Å². The van der Waals surface area contributed by atoms with E-state index in [1.165, 1.54) is 142 Å². The van der Waals surface area contributed by atoms with Crippen molar-refractivity contribution in [1.82, 2.24) is 0 Å². The lowest BCUT2D eigenvalue weighted by Crippen LogP contribution is -2.57. The van der Waals surface area contributed by atoms with Gasteiger partial charge in [-0.2, -0.15) is 0 Å². The Balaban J connectivity index is 1.35. The van der Waals surface area contributed by atoms with E-state index in [4.69, 9.17) is 4.42 Å². The van der Waals surface area contributed by atoms with Gasteiger partial charge in [0.25, 0.3) is 0 Å². The van der Waals surface area contributed by atoms with Crippen LogP contribution in [0.5, 0.6) is 0 Å². The van der Waals surface area contributed by atoms with Crippen LogP contribution in [0.15, 0.2) is 71.1 Å². The van der Waals surface area contributed by atoms with E-state index in [0.717, 1.165) is 38.8 Å². The van der Waals surface area contributed by atoms with E-state index in [1.807, 2.05) is 6.07 Å². The first kappa shape index (κ1) is 44.3. The van der Waals surface area contributed by atoms with Gasteiger partial charge in [-0.15, -0.1) is 27.3 Å². The first-order chi connectivity index (χ1) is 30.3. The molecule has 0 bridgehead atoms. The van der Waals surface area contributed by atoms with Gasteiger partial charge in [0.05, 0.1) is 0 Å². The predicted octanol–water partition coefficient (Wildman–Crippen LogP) is -18.7. The molecule has 0 fully saturated rings. The number of benzene rings is 8. The van der Waals surface area contributed by atoms with Crippen molar-refractivity contribution in [1.29, 1.82) is 0 Å². The fraction of sp³-hybridized carbons (Fsp3) is 0. The number of fused-ring (bicyclic) bond motifs is 6. The molecule has 8 aromatic carbocycles. The molecule has 0 saturated heterocycles. The highest BCUT2D eigenvalue weighted by atomic mass is 16.3. The number of hydrogen-bond acceptors (Lipinski definition) is 2. The van der Waals surface area contributed by atoms with Crippen LogP contribution in [-0.4, -0.2) is 141 Å². The van der Waals surface area contributed by atoms with Crippen LogP contribution in [0.25, 0.3) is 65.7 Å². The molecule has 0 atom stereocenters. The number of rotatable bonds is 5. The second-order valence-electron chi connectivity index (χ2n) is 19.4. The first-order valence-electron chi connectivity index (χ1n) is 23.2. The topological polar surface area (TPSA) is 16.4 Å². The minimum absolute atomic E-state index is 0.918. The molecule has 20 heteroatoms. The summed E-state index contributed by atoms with van der Waals surface area (Å²) in [4.78, 5) is 2.60. The lowest BCUT2D eigenvalue weighted by molar-refractivity contribution is 0.670. The maximum Gasteiger partial charge on any atom is 0.143 e. The van der Waals surface area contributed by atoms with Gasteiger partial charge in [0.15, 0.2) is 0 Å². The molecular weight excluding hydrogens is 753 g/mol. The fourth-order valence-corrected chi connectivity index (χ4v) is 11.6. The highest BCUT2D eigenvalue weighted by Gasteiger charge is 2.29. The Bertz CT molecular complexity index is 3490. The molecule has 0 radical (unpaired) electrons. The van der Waals surface area contributed by atoms with Crippen molar-refractivity contribution in [3.8, 4) is 22.3 Å². The van der Waals surface area contributed by atoms with E-state index in [0.29, 0.717) is 0 Å². The van der Waals surface area contributed by atoms with Crippen molar-refractivity contribution in [2.45, 2.75) is 0 Å². The Kier molecular flexibility index (Phi) is 11.0. The van der Waals surface area contributed by atoms with Crippen molar-refractivity contribution < 1.29 is 4.42 Å². The summed E-state index contributed by atoms with van der Waals surface area (Å²) in [5, 5.41) is 7.99. The summed E-state index contributed by atoms with van der Waals surface area (Å²) in [7, 11) is 42.2. The third-order valence-electron chi connectivity index (χ3n) is 16.7. The Morgan fingerprint density at radius 3 is 1.28 bits per heavy atom. The SMILES string of the molecule is Bc1c(B)c(B)c(N(c2ccc(-c3cccc4c3oc3ccccc34)cc2)c2c(B)c(B)c(-c3c(B)c4c(B)c(B)c(B)c(B)c4c4c(B)c(B)c(B)c(B)c34)c(B)c2B)c(B)c1B. The van der Waals surface area contributed by atoms with Gasteiger partial charge in [-0.05, 0) is 56.4 Å². The lowest BCUT2D eigenvalue weighted by atomic mass is 9.56. The van der Waals surface area contributed by atoms with Gasteiger partial charge in [0.2, 0.25) is 0 Å². The maximum absolute atomic E-state index is 6.53. The quantitative estimate of drug-likeness (QED) is 0.127. The summed E-state index contributed by atoms with van der Waals surface area (Å²) < 4.78 is 6.53. The summed E-state index contributed by atoms with van der Waals surface area (Å²) in [6, 6.07) is 24.1. The number of anilines is 3. The zero-order valence-electron chi connectivity index (χ0n) is 41.7. The van der Waals surface area contributed by atoms with Gasteiger partial charge in [-0.3, -0.25) is 0 Å². The Labute approximate surface area is 396 Å². The van der Waals surface area contributed by atoms with Gasteiger partial charge in [-0.1, -0.05) is 120 Å². The number of para-hydroxylation sites is 2. The molecular formula is C44H47B18NO. The second-order valence-corrected chi connectivity index (χ2v) is 19.4. The van der Waals surface area contributed by atoms with Crippen molar-refractivity contribution in [3.63, 3.8) is 0 Å². The molecule has 0 N–H and O–H groups in total. The highest BCUT2D eigenvalue weighted by molar-refractivity contribution is 6.75. The molecule has 288 valence electrons. The van der Waals surface area contributed by atoms with Crippen LogP contribution in [-0.2, 0) is 0 Å². The predicted molar refractivity (Wildman–Crippen MR) is 341 cm³/mol. The van der Waals surface area contributed by atoms with E-state index >= 15 is 0 Å². The summed E-state index contributed by atoms with van der Waals surface area (Å²) in [6.45, 7) is 0. The summed E-state index contributed by atoms with van der Waals surface area (Å²) in [5.41, 5.74) is 35.1. The molecule has 0 aliphatic carbocycles. The van der Waals surface area contributed by atoms with E-state index in [1.54, 1.807) is 0 Å². The van der Waals surface area contributed by atoms with Gasteiger partial charge in [0.1, 0.15) is 152 Å². The molecule has 9 rings (SSSR count). The van der Waals surface area contributed by atoms with Crippen LogP contribution in [0.3, 0.4) is 0 Å². The maximum atomic E-state index is 6.53. The van der Waals surface area contributed by atoms with Crippen molar-refractivity contribution in [2.75, 3.05) is 4.90 Å². The fourth-order valence-electron chi connectivity index (χ4n) is 11.6. The Morgan fingerprint density at radius 2 is 0.734 bits per heavy atom. The minimum atomic E-state index is 0.918. The molecule has 0 unspecified atom stereocenters. The largest absolute Gasteiger partial charge is 0.455 e. The van der Waals surface area contributed by atoms with Crippen LogP contribution < -0.4 is 103 Å². The molecule has 0 spiro atoms. The Morgan fingerprint density at radius 1 is 0.312 bits per heavy atom. The standard InChI is InChI=1S/C44H47B18NO/c45-24-20(18-19(26(47)32(53)31(52)25(18)46)21-22(24)28(49)34(55)33(54)27(21)48)23-29(50)38(59)42(39(60)30(23)51)63(43-40(61)36(57)35(56)37(58)41(43)62)13-10-8-12(9-11-13)14-5-3-6-16-15-4-1-2-7-17(15)64-44(14)16/h1-11H,45-62H2. The van der Waals surface area contributed by atoms with E-state index in [2.05, 4.69) is 207 Å². The molecule has 1 heterocycles. The number of nitrogens with zero attached hydrogens (tertiary/aromatic N) is 1. The van der Waals surface area contributed by atoms with E-state index < -0.39 is 0 Å². The van der Waals surface area contributed by atoms with Crippen LogP contribution >= 0.6 is 0 Å². The minimum Gasteiger partial charge on any atom is -0.455 e.